The first-order valence-electron chi connectivity index (χ1n) is 7.81. The van der Waals surface area contributed by atoms with Gasteiger partial charge in [0.2, 0.25) is 0 Å². The van der Waals surface area contributed by atoms with Gasteiger partial charge in [0, 0.05) is 18.1 Å². The molecule has 1 aromatic heterocycles. The summed E-state index contributed by atoms with van der Waals surface area (Å²) in [5, 5.41) is 3.13. The Hall–Kier alpha value is -1.04. The van der Waals surface area contributed by atoms with Gasteiger partial charge in [-0.1, -0.05) is 13.8 Å². The number of hydrogen-bond acceptors (Lipinski definition) is 4. The van der Waals surface area contributed by atoms with Gasteiger partial charge in [0.25, 0.3) is 5.91 Å². The first-order chi connectivity index (χ1) is 10.1. The van der Waals surface area contributed by atoms with Gasteiger partial charge >= 0.3 is 0 Å². The van der Waals surface area contributed by atoms with Gasteiger partial charge in [-0.25, -0.2) is 0 Å². The molecular formula is C16H27ClN2O3. The number of halogens is 1. The molecule has 1 aliphatic carbocycles. The molecular weight excluding hydrogens is 304 g/mol. The Morgan fingerprint density at radius 3 is 2.64 bits per heavy atom. The summed E-state index contributed by atoms with van der Waals surface area (Å²) in [5.74, 6) is 0.530. The van der Waals surface area contributed by atoms with Crippen LogP contribution < -0.4 is 11.1 Å². The number of hydrogen-bond donors (Lipinski definition) is 2. The van der Waals surface area contributed by atoms with Crippen molar-refractivity contribution in [1.82, 2.24) is 5.32 Å². The van der Waals surface area contributed by atoms with Gasteiger partial charge in [-0.15, -0.1) is 12.4 Å². The molecule has 0 aromatic carbocycles. The van der Waals surface area contributed by atoms with Crippen LogP contribution in [-0.4, -0.2) is 24.7 Å². The van der Waals surface area contributed by atoms with Crippen molar-refractivity contribution in [2.45, 2.75) is 58.7 Å². The van der Waals surface area contributed by atoms with Crippen LogP contribution >= 0.6 is 12.4 Å². The Morgan fingerprint density at radius 2 is 2.14 bits per heavy atom. The maximum Gasteiger partial charge on any atom is 0.254 e. The van der Waals surface area contributed by atoms with E-state index in [1.165, 1.54) is 6.26 Å². The topological polar surface area (TPSA) is 77.5 Å². The Morgan fingerprint density at radius 1 is 1.45 bits per heavy atom. The van der Waals surface area contributed by atoms with E-state index in [0.29, 0.717) is 24.5 Å². The SMILES string of the molecule is CCOC1CC(NC(=O)c2coc(CN)c2)C1(CC)CC.Cl. The summed E-state index contributed by atoms with van der Waals surface area (Å²) in [7, 11) is 0. The van der Waals surface area contributed by atoms with Crippen LogP contribution in [0.4, 0.5) is 0 Å². The Bertz CT molecular complexity index is 485. The zero-order chi connectivity index (χ0) is 15.5. The highest BCUT2D eigenvalue weighted by Crippen LogP contribution is 2.48. The molecule has 0 bridgehead atoms. The van der Waals surface area contributed by atoms with Gasteiger partial charge < -0.3 is 20.2 Å². The Balaban J connectivity index is 0.00000242. The molecule has 2 rings (SSSR count). The van der Waals surface area contributed by atoms with Crippen molar-refractivity contribution in [2.75, 3.05) is 6.61 Å². The van der Waals surface area contributed by atoms with Crippen LogP contribution in [0.2, 0.25) is 0 Å². The highest BCUT2D eigenvalue weighted by molar-refractivity contribution is 5.94. The number of carbonyl (C=O) groups excluding carboxylic acids is 1. The lowest BCUT2D eigenvalue weighted by Gasteiger charge is -2.55. The second kappa shape index (κ2) is 7.99. The molecule has 2 atom stereocenters. The van der Waals surface area contributed by atoms with Crippen LogP contribution in [0.5, 0.6) is 0 Å². The summed E-state index contributed by atoms with van der Waals surface area (Å²) in [5.41, 5.74) is 6.08. The summed E-state index contributed by atoms with van der Waals surface area (Å²) in [6, 6.07) is 1.86. The zero-order valence-corrected chi connectivity index (χ0v) is 14.4. The summed E-state index contributed by atoms with van der Waals surface area (Å²) >= 11 is 0. The predicted molar refractivity (Wildman–Crippen MR) is 88.1 cm³/mol. The zero-order valence-electron chi connectivity index (χ0n) is 13.6. The van der Waals surface area contributed by atoms with Gasteiger partial charge in [-0.2, -0.15) is 0 Å². The normalized spacial score (nSPS) is 22.5. The Labute approximate surface area is 138 Å². The monoisotopic (exact) mass is 330 g/mol. The molecule has 0 spiro atoms. The second-order valence-electron chi connectivity index (χ2n) is 5.65. The fraction of sp³-hybridized carbons (Fsp3) is 0.688. The van der Waals surface area contributed by atoms with E-state index in [0.717, 1.165) is 19.3 Å². The predicted octanol–water partition coefficient (Wildman–Crippen LogP) is 2.87. The van der Waals surface area contributed by atoms with E-state index in [9.17, 15) is 4.79 Å². The molecule has 126 valence electrons. The molecule has 0 radical (unpaired) electrons. The lowest BCUT2D eigenvalue weighted by molar-refractivity contribution is -0.134. The van der Waals surface area contributed by atoms with Gasteiger partial charge in [0.1, 0.15) is 12.0 Å². The van der Waals surface area contributed by atoms with E-state index in [-0.39, 0.29) is 35.9 Å². The fourth-order valence-corrected chi connectivity index (χ4v) is 3.43. The second-order valence-corrected chi connectivity index (χ2v) is 5.65. The summed E-state index contributed by atoms with van der Waals surface area (Å²) in [4.78, 5) is 12.3. The minimum atomic E-state index is -0.0929. The van der Waals surface area contributed by atoms with Crippen molar-refractivity contribution >= 4 is 18.3 Å². The van der Waals surface area contributed by atoms with E-state index in [1.54, 1.807) is 6.07 Å². The largest absolute Gasteiger partial charge is 0.467 e. The number of nitrogens with two attached hydrogens (primary N) is 1. The van der Waals surface area contributed by atoms with Crippen molar-refractivity contribution in [3.8, 4) is 0 Å². The lowest BCUT2D eigenvalue weighted by atomic mass is 9.58. The number of furan rings is 1. The van der Waals surface area contributed by atoms with Crippen LogP contribution in [-0.2, 0) is 11.3 Å². The molecule has 22 heavy (non-hydrogen) atoms. The molecule has 1 fully saturated rings. The molecule has 0 saturated heterocycles. The van der Waals surface area contributed by atoms with Crippen LogP contribution in [0.15, 0.2) is 16.7 Å². The summed E-state index contributed by atoms with van der Waals surface area (Å²) in [6.45, 7) is 7.36. The minimum Gasteiger partial charge on any atom is -0.467 e. The highest BCUT2D eigenvalue weighted by Gasteiger charge is 2.53. The van der Waals surface area contributed by atoms with Crippen molar-refractivity contribution in [1.29, 1.82) is 0 Å². The number of amides is 1. The quantitative estimate of drug-likeness (QED) is 0.805. The maximum atomic E-state index is 12.3. The molecule has 1 aromatic rings. The van der Waals surface area contributed by atoms with Crippen LogP contribution in [0.3, 0.4) is 0 Å². The molecule has 1 heterocycles. The van der Waals surface area contributed by atoms with E-state index in [1.807, 2.05) is 6.92 Å². The number of rotatable bonds is 7. The molecule has 5 nitrogen and oxygen atoms in total. The van der Waals surface area contributed by atoms with E-state index in [2.05, 4.69) is 19.2 Å². The van der Waals surface area contributed by atoms with E-state index < -0.39 is 0 Å². The van der Waals surface area contributed by atoms with E-state index in [4.69, 9.17) is 14.9 Å². The summed E-state index contributed by atoms with van der Waals surface area (Å²) < 4.78 is 11.1. The molecule has 2 unspecified atom stereocenters. The number of carbonyl (C=O) groups is 1. The van der Waals surface area contributed by atoms with Crippen molar-refractivity contribution in [3.63, 3.8) is 0 Å². The third kappa shape index (κ3) is 3.31. The molecule has 1 amide bonds. The first-order valence-corrected chi connectivity index (χ1v) is 7.81. The maximum absolute atomic E-state index is 12.3. The van der Waals surface area contributed by atoms with Gasteiger partial charge in [0.15, 0.2) is 0 Å². The van der Waals surface area contributed by atoms with Gasteiger partial charge in [-0.3, -0.25) is 4.79 Å². The molecule has 1 saturated carbocycles. The van der Waals surface area contributed by atoms with Gasteiger partial charge in [0.05, 0.1) is 18.2 Å². The van der Waals surface area contributed by atoms with Crippen molar-refractivity contribution < 1.29 is 13.9 Å². The highest BCUT2D eigenvalue weighted by atomic mass is 35.5. The standard InChI is InChI=1S/C16H26N2O3.ClH/c1-4-16(5-2)13(8-14(16)20-6-3)18-15(19)11-7-12(9-17)21-10-11;/h7,10,13-14H,4-6,8-9,17H2,1-3H3,(H,18,19);1H. The van der Waals surface area contributed by atoms with E-state index >= 15 is 0 Å². The van der Waals surface area contributed by atoms with Crippen molar-refractivity contribution in [3.05, 3.63) is 23.7 Å². The third-order valence-corrected chi connectivity index (χ3v) is 4.89. The fourth-order valence-electron chi connectivity index (χ4n) is 3.43. The first kappa shape index (κ1) is 19.0. The van der Waals surface area contributed by atoms with Crippen LogP contribution in [0, 0.1) is 5.41 Å². The smallest absolute Gasteiger partial charge is 0.254 e. The molecule has 6 heteroatoms. The molecule has 1 aliphatic rings. The molecule has 3 N–H and O–H groups in total. The lowest BCUT2D eigenvalue weighted by Crippen LogP contribution is -2.64. The van der Waals surface area contributed by atoms with Crippen LogP contribution in [0.1, 0.15) is 56.2 Å². The minimum absolute atomic E-state index is 0. The third-order valence-electron chi connectivity index (χ3n) is 4.89. The molecule has 0 aliphatic heterocycles. The number of nitrogens with one attached hydrogen (secondary N) is 1. The summed E-state index contributed by atoms with van der Waals surface area (Å²) in [6.07, 6.45) is 4.59. The average molecular weight is 331 g/mol. The van der Waals surface area contributed by atoms with Crippen LogP contribution in [0.25, 0.3) is 0 Å². The Kier molecular flexibility index (Phi) is 6.91. The average Bonchev–Trinajstić information content (AvgIpc) is 2.96. The number of ether oxygens (including phenoxy) is 1. The van der Waals surface area contributed by atoms with Gasteiger partial charge in [-0.05, 0) is 32.3 Å². The van der Waals surface area contributed by atoms with Crippen molar-refractivity contribution in [2.24, 2.45) is 11.1 Å².